The largest absolute Gasteiger partial charge is 0.326 e. The summed E-state index contributed by atoms with van der Waals surface area (Å²) < 4.78 is 0. The summed E-state index contributed by atoms with van der Waals surface area (Å²) in [7, 11) is 0. The average Bonchev–Trinajstić information content (AvgIpc) is 2.68. The molecule has 0 aliphatic carbocycles. The summed E-state index contributed by atoms with van der Waals surface area (Å²) in [4.78, 5) is 12.0. The summed E-state index contributed by atoms with van der Waals surface area (Å²) in [6, 6.07) is 7.87. The third-order valence-corrected chi connectivity index (χ3v) is 3.26. The molecule has 0 radical (unpaired) electrons. The fraction of sp³-hybridized carbons (Fsp3) is 0.462. The number of hydrogen-bond donors (Lipinski definition) is 2. The van der Waals surface area contributed by atoms with Crippen LogP contribution in [-0.4, -0.2) is 19.0 Å². The average molecular weight is 218 g/mol. The molecule has 16 heavy (non-hydrogen) atoms. The standard InChI is InChI=1S/C13H18N2O/c1-9-5-3-4-6-12(9)15-13(16)11-8-14-7-10(11)2/h3-6,10-11,14H,7-8H2,1-2H3,(H,15,16)/t10-,11-/m1/s1. The summed E-state index contributed by atoms with van der Waals surface area (Å²) in [6.45, 7) is 5.85. The molecule has 1 fully saturated rings. The Morgan fingerprint density at radius 1 is 1.38 bits per heavy atom. The van der Waals surface area contributed by atoms with Gasteiger partial charge in [0.1, 0.15) is 0 Å². The number of amides is 1. The molecule has 1 aliphatic heterocycles. The van der Waals surface area contributed by atoms with Crippen molar-refractivity contribution < 1.29 is 4.79 Å². The highest BCUT2D eigenvalue weighted by Crippen LogP contribution is 2.20. The molecule has 2 N–H and O–H groups in total. The summed E-state index contributed by atoms with van der Waals surface area (Å²) in [5, 5.41) is 6.25. The van der Waals surface area contributed by atoms with Gasteiger partial charge in [0.15, 0.2) is 0 Å². The molecule has 1 amide bonds. The second kappa shape index (κ2) is 4.66. The monoisotopic (exact) mass is 218 g/mol. The molecule has 3 heteroatoms. The van der Waals surface area contributed by atoms with E-state index in [1.165, 1.54) is 0 Å². The van der Waals surface area contributed by atoms with Crippen molar-refractivity contribution in [1.82, 2.24) is 5.32 Å². The summed E-state index contributed by atoms with van der Waals surface area (Å²) in [6.07, 6.45) is 0. The van der Waals surface area contributed by atoms with Crippen LogP contribution < -0.4 is 10.6 Å². The zero-order valence-corrected chi connectivity index (χ0v) is 9.79. The zero-order chi connectivity index (χ0) is 11.5. The highest BCUT2D eigenvalue weighted by atomic mass is 16.1. The van der Waals surface area contributed by atoms with Crippen molar-refractivity contribution in [3.63, 3.8) is 0 Å². The Kier molecular flexibility index (Phi) is 3.25. The Balaban J connectivity index is 2.05. The quantitative estimate of drug-likeness (QED) is 0.794. The van der Waals surface area contributed by atoms with Gasteiger partial charge in [-0.05, 0) is 31.0 Å². The van der Waals surface area contributed by atoms with Crippen LogP contribution in [0.15, 0.2) is 24.3 Å². The van der Waals surface area contributed by atoms with Crippen LogP contribution in [0.5, 0.6) is 0 Å². The minimum Gasteiger partial charge on any atom is -0.326 e. The molecule has 86 valence electrons. The second-order valence-electron chi connectivity index (χ2n) is 4.55. The van der Waals surface area contributed by atoms with E-state index in [1.807, 2.05) is 31.2 Å². The van der Waals surface area contributed by atoms with Gasteiger partial charge in [-0.3, -0.25) is 4.79 Å². The number of carbonyl (C=O) groups is 1. The van der Waals surface area contributed by atoms with Crippen LogP contribution in [0, 0.1) is 18.8 Å². The van der Waals surface area contributed by atoms with E-state index in [0.717, 1.165) is 24.3 Å². The number of carbonyl (C=O) groups excluding carboxylic acids is 1. The SMILES string of the molecule is Cc1ccccc1NC(=O)[C@@H]1CNC[C@H]1C. The number of rotatable bonds is 2. The Labute approximate surface area is 96.2 Å². The maximum atomic E-state index is 12.0. The van der Waals surface area contributed by atoms with Crippen molar-refractivity contribution >= 4 is 11.6 Å². The Bertz CT molecular complexity index is 389. The molecular formula is C13H18N2O. The fourth-order valence-corrected chi connectivity index (χ4v) is 2.10. The lowest BCUT2D eigenvalue weighted by molar-refractivity contribution is -0.120. The maximum Gasteiger partial charge on any atom is 0.229 e. The van der Waals surface area contributed by atoms with Gasteiger partial charge in [0.05, 0.1) is 5.92 Å². The lowest BCUT2D eigenvalue weighted by atomic mass is 9.97. The topological polar surface area (TPSA) is 41.1 Å². The second-order valence-corrected chi connectivity index (χ2v) is 4.55. The molecule has 1 aliphatic rings. The van der Waals surface area contributed by atoms with Crippen LogP contribution in [0.2, 0.25) is 0 Å². The van der Waals surface area contributed by atoms with Gasteiger partial charge in [0.2, 0.25) is 5.91 Å². The highest BCUT2D eigenvalue weighted by Gasteiger charge is 2.29. The Hall–Kier alpha value is -1.35. The van der Waals surface area contributed by atoms with Gasteiger partial charge in [0.25, 0.3) is 0 Å². The number of benzene rings is 1. The molecule has 0 aromatic heterocycles. The Morgan fingerprint density at radius 2 is 2.12 bits per heavy atom. The highest BCUT2D eigenvalue weighted by molar-refractivity contribution is 5.93. The fourth-order valence-electron chi connectivity index (χ4n) is 2.10. The van der Waals surface area contributed by atoms with Crippen molar-refractivity contribution in [2.45, 2.75) is 13.8 Å². The van der Waals surface area contributed by atoms with Gasteiger partial charge in [-0.2, -0.15) is 0 Å². The predicted octanol–water partition coefficient (Wildman–Crippen LogP) is 1.79. The molecule has 1 heterocycles. The number of para-hydroxylation sites is 1. The van der Waals surface area contributed by atoms with Gasteiger partial charge in [-0.25, -0.2) is 0 Å². The minimum absolute atomic E-state index is 0.0969. The van der Waals surface area contributed by atoms with Crippen molar-refractivity contribution in [2.24, 2.45) is 11.8 Å². The normalized spacial score (nSPS) is 24.4. The van der Waals surface area contributed by atoms with Crippen molar-refractivity contribution in [2.75, 3.05) is 18.4 Å². The first-order valence-electron chi connectivity index (χ1n) is 5.75. The van der Waals surface area contributed by atoms with E-state index < -0.39 is 0 Å². The van der Waals surface area contributed by atoms with E-state index in [4.69, 9.17) is 0 Å². The molecule has 0 saturated carbocycles. The van der Waals surface area contributed by atoms with E-state index in [9.17, 15) is 4.79 Å². The molecular weight excluding hydrogens is 200 g/mol. The molecule has 1 aromatic rings. The molecule has 2 rings (SSSR count). The first kappa shape index (κ1) is 11.1. The zero-order valence-electron chi connectivity index (χ0n) is 9.79. The lowest BCUT2D eigenvalue weighted by Gasteiger charge is -2.15. The third kappa shape index (κ3) is 2.25. The van der Waals surface area contributed by atoms with Crippen LogP contribution in [0.4, 0.5) is 5.69 Å². The van der Waals surface area contributed by atoms with Gasteiger partial charge in [-0.15, -0.1) is 0 Å². The minimum atomic E-state index is 0.0969. The van der Waals surface area contributed by atoms with Crippen molar-refractivity contribution in [3.8, 4) is 0 Å². The van der Waals surface area contributed by atoms with E-state index in [1.54, 1.807) is 0 Å². The summed E-state index contributed by atoms with van der Waals surface area (Å²) >= 11 is 0. The van der Waals surface area contributed by atoms with Crippen LogP contribution >= 0.6 is 0 Å². The van der Waals surface area contributed by atoms with Crippen molar-refractivity contribution in [1.29, 1.82) is 0 Å². The van der Waals surface area contributed by atoms with E-state index >= 15 is 0 Å². The van der Waals surface area contributed by atoms with Crippen LogP contribution in [0.1, 0.15) is 12.5 Å². The van der Waals surface area contributed by atoms with Crippen molar-refractivity contribution in [3.05, 3.63) is 29.8 Å². The number of aryl methyl sites for hydroxylation is 1. The van der Waals surface area contributed by atoms with Gasteiger partial charge in [0, 0.05) is 12.2 Å². The van der Waals surface area contributed by atoms with Crippen LogP contribution in [0.25, 0.3) is 0 Å². The molecule has 1 saturated heterocycles. The number of anilines is 1. The van der Waals surface area contributed by atoms with E-state index in [0.29, 0.717) is 5.92 Å². The third-order valence-electron chi connectivity index (χ3n) is 3.26. The van der Waals surface area contributed by atoms with E-state index in [-0.39, 0.29) is 11.8 Å². The number of nitrogens with one attached hydrogen (secondary N) is 2. The molecule has 0 unspecified atom stereocenters. The molecule has 0 bridgehead atoms. The first-order chi connectivity index (χ1) is 7.68. The lowest BCUT2D eigenvalue weighted by Crippen LogP contribution is -2.28. The van der Waals surface area contributed by atoms with Gasteiger partial charge in [-0.1, -0.05) is 25.1 Å². The Morgan fingerprint density at radius 3 is 2.75 bits per heavy atom. The summed E-state index contributed by atoms with van der Waals surface area (Å²) in [5.41, 5.74) is 2.03. The van der Waals surface area contributed by atoms with Crippen LogP contribution in [-0.2, 0) is 4.79 Å². The molecule has 0 spiro atoms. The summed E-state index contributed by atoms with van der Waals surface area (Å²) in [5.74, 6) is 0.649. The number of hydrogen-bond acceptors (Lipinski definition) is 2. The molecule has 2 atom stereocenters. The van der Waals surface area contributed by atoms with E-state index in [2.05, 4.69) is 17.6 Å². The maximum absolute atomic E-state index is 12.0. The van der Waals surface area contributed by atoms with Gasteiger partial charge >= 0.3 is 0 Å². The molecule has 1 aromatic carbocycles. The first-order valence-corrected chi connectivity index (χ1v) is 5.75. The smallest absolute Gasteiger partial charge is 0.229 e. The van der Waals surface area contributed by atoms with Crippen LogP contribution in [0.3, 0.4) is 0 Å². The predicted molar refractivity (Wildman–Crippen MR) is 65.3 cm³/mol. The van der Waals surface area contributed by atoms with Gasteiger partial charge < -0.3 is 10.6 Å². The molecule has 3 nitrogen and oxygen atoms in total.